The number of aromatic nitrogens is 2. The molecule has 0 radical (unpaired) electrons. The van der Waals surface area contributed by atoms with Crippen LogP contribution in [0.5, 0.6) is 0 Å². The third-order valence-electron chi connectivity index (χ3n) is 3.82. The van der Waals surface area contributed by atoms with E-state index >= 15 is 0 Å². The standard InChI is InChI=1S/C16H19N3O2/c1-11(2)15-17-9-12(10-18-15)16(20)19-7-3-5-13(19)14-6-4-8-21-14/h4,6,8-11,13H,3,5,7H2,1-2H3/t13-/m1/s1. The molecule has 0 aromatic carbocycles. The Morgan fingerprint density at radius 3 is 2.76 bits per heavy atom. The van der Waals surface area contributed by atoms with E-state index in [9.17, 15) is 4.79 Å². The maximum atomic E-state index is 12.6. The Morgan fingerprint density at radius 2 is 2.14 bits per heavy atom. The van der Waals surface area contributed by atoms with Gasteiger partial charge >= 0.3 is 0 Å². The fraction of sp³-hybridized carbons (Fsp3) is 0.438. The zero-order chi connectivity index (χ0) is 14.8. The van der Waals surface area contributed by atoms with E-state index in [1.165, 1.54) is 0 Å². The minimum atomic E-state index is -0.0239. The van der Waals surface area contributed by atoms with Crippen LogP contribution in [0.3, 0.4) is 0 Å². The van der Waals surface area contributed by atoms with Crippen molar-refractivity contribution in [2.75, 3.05) is 6.54 Å². The lowest BCUT2D eigenvalue weighted by Crippen LogP contribution is -2.30. The summed E-state index contributed by atoms with van der Waals surface area (Å²) in [6.45, 7) is 4.81. The minimum absolute atomic E-state index is 0.0239. The minimum Gasteiger partial charge on any atom is -0.467 e. The van der Waals surface area contributed by atoms with Gasteiger partial charge in [-0.05, 0) is 25.0 Å². The second-order valence-electron chi connectivity index (χ2n) is 5.66. The first kappa shape index (κ1) is 13.8. The predicted molar refractivity (Wildman–Crippen MR) is 77.8 cm³/mol. The Balaban J connectivity index is 1.81. The third kappa shape index (κ3) is 2.68. The van der Waals surface area contributed by atoms with Crippen molar-refractivity contribution in [1.29, 1.82) is 0 Å². The van der Waals surface area contributed by atoms with Gasteiger partial charge in [0, 0.05) is 24.9 Å². The summed E-state index contributed by atoms with van der Waals surface area (Å²) < 4.78 is 5.46. The van der Waals surface area contributed by atoms with Crippen LogP contribution in [0.25, 0.3) is 0 Å². The molecule has 0 unspecified atom stereocenters. The molecule has 1 saturated heterocycles. The molecular weight excluding hydrogens is 266 g/mol. The molecule has 5 nitrogen and oxygen atoms in total. The molecule has 110 valence electrons. The molecule has 2 aromatic rings. The van der Waals surface area contributed by atoms with Crippen LogP contribution in [-0.4, -0.2) is 27.3 Å². The van der Waals surface area contributed by atoms with Crippen LogP contribution in [-0.2, 0) is 0 Å². The highest BCUT2D eigenvalue weighted by molar-refractivity contribution is 5.94. The second-order valence-corrected chi connectivity index (χ2v) is 5.66. The molecule has 0 bridgehead atoms. The van der Waals surface area contributed by atoms with Gasteiger partial charge in [-0.3, -0.25) is 4.79 Å². The maximum absolute atomic E-state index is 12.6. The summed E-state index contributed by atoms with van der Waals surface area (Å²) in [5.74, 6) is 1.84. The summed E-state index contributed by atoms with van der Waals surface area (Å²) in [6, 6.07) is 3.81. The SMILES string of the molecule is CC(C)c1ncc(C(=O)N2CCC[C@@H]2c2ccco2)cn1. The van der Waals surface area contributed by atoms with E-state index in [0.29, 0.717) is 5.56 Å². The molecule has 21 heavy (non-hydrogen) atoms. The van der Waals surface area contributed by atoms with Gasteiger partial charge in [0.1, 0.15) is 11.6 Å². The van der Waals surface area contributed by atoms with Gasteiger partial charge in [0.2, 0.25) is 0 Å². The lowest BCUT2D eigenvalue weighted by Gasteiger charge is -2.23. The number of likely N-dealkylation sites (tertiary alicyclic amines) is 1. The number of hydrogen-bond donors (Lipinski definition) is 0. The molecule has 0 saturated carbocycles. The molecule has 3 rings (SSSR count). The van der Waals surface area contributed by atoms with E-state index in [4.69, 9.17) is 4.42 Å². The number of amides is 1. The monoisotopic (exact) mass is 285 g/mol. The number of carbonyl (C=O) groups excluding carboxylic acids is 1. The zero-order valence-corrected chi connectivity index (χ0v) is 12.3. The van der Waals surface area contributed by atoms with Crippen molar-refractivity contribution in [3.63, 3.8) is 0 Å². The molecule has 2 aromatic heterocycles. The van der Waals surface area contributed by atoms with E-state index in [1.807, 2.05) is 30.9 Å². The summed E-state index contributed by atoms with van der Waals surface area (Å²) in [5.41, 5.74) is 0.540. The smallest absolute Gasteiger partial charge is 0.257 e. The number of nitrogens with zero attached hydrogens (tertiary/aromatic N) is 3. The number of hydrogen-bond acceptors (Lipinski definition) is 4. The highest BCUT2D eigenvalue weighted by Gasteiger charge is 2.32. The van der Waals surface area contributed by atoms with Gasteiger partial charge < -0.3 is 9.32 Å². The number of carbonyl (C=O) groups is 1. The van der Waals surface area contributed by atoms with Crippen LogP contribution in [0.15, 0.2) is 35.2 Å². The van der Waals surface area contributed by atoms with Crippen molar-refractivity contribution in [2.24, 2.45) is 0 Å². The van der Waals surface area contributed by atoms with Crippen LogP contribution in [0, 0.1) is 0 Å². The zero-order valence-electron chi connectivity index (χ0n) is 12.3. The molecule has 0 N–H and O–H groups in total. The summed E-state index contributed by atoms with van der Waals surface area (Å²) in [7, 11) is 0. The van der Waals surface area contributed by atoms with E-state index in [1.54, 1.807) is 18.7 Å². The van der Waals surface area contributed by atoms with Gasteiger partial charge in [0.25, 0.3) is 5.91 Å². The molecule has 0 spiro atoms. The number of furan rings is 1. The quantitative estimate of drug-likeness (QED) is 0.869. The van der Waals surface area contributed by atoms with Gasteiger partial charge in [-0.15, -0.1) is 0 Å². The molecule has 3 heterocycles. The van der Waals surface area contributed by atoms with Crippen molar-refractivity contribution >= 4 is 5.91 Å². The average Bonchev–Trinajstić information content (AvgIpc) is 3.17. The van der Waals surface area contributed by atoms with Crippen LogP contribution in [0.4, 0.5) is 0 Å². The van der Waals surface area contributed by atoms with Gasteiger partial charge in [-0.1, -0.05) is 13.8 Å². The summed E-state index contributed by atoms with van der Waals surface area (Å²) in [5, 5.41) is 0. The van der Waals surface area contributed by atoms with E-state index in [2.05, 4.69) is 9.97 Å². The van der Waals surface area contributed by atoms with E-state index < -0.39 is 0 Å². The predicted octanol–water partition coefficient (Wildman–Crippen LogP) is 3.17. The topological polar surface area (TPSA) is 59.2 Å². The first-order valence-electron chi connectivity index (χ1n) is 7.33. The Bertz CT molecular complexity index is 605. The Labute approximate surface area is 124 Å². The lowest BCUT2D eigenvalue weighted by molar-refractivity contribution is 0.0719. The van der Waals surface area contributed by atoms with Crippen molar-refractivity contribution in [3.8, 4) is 0 Å². The fourth-order valence-corrected chi connectivity index (χ4v) is 2.70. The largest absolute Gasteiger partial charge is 0.467 e. The molecule has 1 fully saturated rings. The Hall–Kier alpha value is -2.17. The van der Waals surface area contributed by atoms with Crippen molar-refractivity contribution in [3.05, 3.63) is 47.9 Å². The highest BCUT2D eigenvalue weighted by atomic mass is 16.3. The van der Waals surface area contributed by atoms with Gasteiger partial charge in [0.05, 0.1) is 17.9 Å². The fourth-order valence-electron chi connectivity index (χ4n) is 2.70. The van der Waals surface area contributed by atoms with Crippen LogP contribution < -0.4 is 0 Å². The maximum Gasteiger partial charge on any atom is 0.257 e. The van der Waals surface area contributed by atoms with E-state index in [-0.39, 0.29) is 17.9 Å². The normalized spacial score (nSPS) is 18.4. The first-order chi connectivity index (χ1) is 10.2. The highest BCUT2D eigenvalue weighted by Crippen LogP contribution is 2.33. The summed E-state index contributed by atoms with van der Waals surface area (Å²) >= 11 is 0. The van der Waals surface area contributed by atoms with Crippen molar-refractivity contribution < 1.29 is 9.21 Å². The molecule has 1 aliphatic rings. The van der Waals surface area contributed by atoms with Crippen molar-refractivity contribution in [1.82, 2.24) is 14.9 Å². The lowest BCUT2D eigenvalue weighted by atomic mass is 10.1. The summed E-state index contributed by atoms with van der Waals surface area (Å²) in [4.78, 5) is 23.0. The van der Waals surface area contributed by atoms with Crippen LogP contribution in [0.2, 0.25) is 0 Å². The summed E-state index contributed by atoms with van der Waals surface area (Å²) in [6.07, 6.45) is 6.83. The molecule has 5 heteroatoms. The molecule has 1 atom stereocenters. The second kappa shape index (κ2) is 5.68. The molecule has 1 amide bonds. The molecule has 1 aliphatic heterocycles. The molecule has 0 aliphatic carbocycles. The van der Waals surface area contributed by atoms with Gasteiger partial charge in [-0.25, -0.2) is 9.97 Å². The molecular formula is C16H19N3O2. The van der Waals surface area contributed by atoms with Gasteiger partial charge in [-0.2, -0.15) is 0 Å². The third-order valence-corrected chi connectivity index (χ3v) is 3.82. The Morgan fingerprint density at radius 1 is 1.38 bits per heavy atom. The van der Waals surface area contributed by atoms with E-state index in [0.717, 1.165) is 31.0 Å². The van der Waals surface area contributed by atoms with Gasteiger partial charge in [0.15, 0.2) is 0 Å². The van der Waals surface area contributed by atoms with Crippen molar-refractivity contribution in [2.45, 2.75) is 38.6 Å². The Kier molecular flexibility index (Phi) is 3.73. The first-order valence-corrected chi connectivity index (χ1v) is 7.33. The number of rotatable bonds is 3. The van der Waals surface area contributed by atoms with Crippen LogP contribution >= 0.6 is 0 Å². The van der Waals surface area contributed by atoms with Crippen LogP contribution in [0.1, 0.15) is 60.6 Å². The average molecular weight is 285 g/mol.